The number of rotatable bonds is 9. The first kappa shape index (κ1) is 16.3. The average Bonchev–Trinajstić information content (AvgIpc) is 2.14. The van der Waals surface area contributed by atoms with E-state index >= 15 is 0 Å². The maximum atomic E-state index is 11.5. The molecule has 1 atom stereocenters. The van der Waals surface area contributed by atoms with Gasteiger partial charge in [-0.15, -0.1) is 0 Å². The third kappa shape index (κ3) is 9.53. The molecule has 1 N–H and O–H groups in total. The molecule has 0 spiro atoms. The van der Waals surface area contributed by atoms with Crippen molar-refractivity contribution in [1.29, 1.82) is 0 Å². The third-order valence-corrected chi connectivity index (χ3v) is 3.57. The van der Waals surface area contributed by atoms with Gasteiger partial charge in [0.1, 0.15) is 0 Å². The Balaban J connectivity index is 3.78. The van der Waals surface area contributed by atoms with Gasteiger partial charge in [0.15, 0.2) is 0 Å². The van der Waals surface area contributed by atoms with Crippen molar-refractivity contribution in [3.8, 4) is 0 Å². The van der Waals surface area contributed by atoms with E-state index in [0.29, 0.717) is 13.2 Å². The van der Waals surface area contributed by atoms with Crippen LogP contribution < -0.4 is 4.72 Å². The maximum absolute atomic E-state index is 11.5. The Labute approximate surface area is 106 Å². The normalized spacial score (nSPS) is 14.3. The van der Waals surface area contributed by atoms with Gasteiger partial charge in [-0.2, -0.15) is 0 Å². The van der Waals surface area contributed by atoms with Crippen molar-refractivity contribution in [2.45, 2.75) is 24.8 Å². The monoisotopic (exact) mass is 317 g/mol. The summed E-state index contributed by atoms with van der Waals surface area (Å²) >= 11 is 3.30. The van der Waals surface area contributed by atoms with Gasteiger partial charge in [0.05, 0.1) is 29.9 Å². The van der Waals surface area contributed by atoms with Gasteiger partial charge in [-0.3, -0.25) is 0 Å². The van der Waals surface area contributed by atoms with Crippen LogP contribution in [0.4, 0.5) is 0 Å². The summed E-state index contributed by atoms with van der Waals surface area (Å²) in [5.74, 6) is -0.0160. The highest BCUT2D eigenvalue weighted by Crippen LogP contribution is 1.99. The van der Waals surface area contributed by atoms with Crippen LogP contribution in [0.3, 0.4) is 0 Å². The molecule has 0 fully saturated rings. The summed E-state index contributed by atoms with van der Waals surface area (Å²) < 4.78 is 35.5. The standard InChI is InChI=1S/C9H20BrNO4S/c1-8(2)15-4-5-16(12,13)11-6-9(10)7-14-3/h8-9,11H,4-7H2,1-3H3. The number of nitrogens with one attached hydrogen (secondary N) is 1. The lowest BCUT2D eigenvalue weighted by molar-refractivity contribution is 0.0911. The van der Waals surface area contributed by atoms with Crippen LogP contribution in [0.2, 0.25) is 0 Å². The molecule has 0 rings (SSSR count). The number of halogens is 1. The summed E-state index contributed by atoms with van der Waals surface area (Å²) in [7, 11) is -1.68. The molecule has 5 nitrogen and oxygen atoms in total. The summed E-state index contributed by atoms with van der Waals surface area (Å²) in [4.78, 5) is -0.0155. The van der Waals surface area contributed by atoms with Crippen molar-refractivity contribution in [2.75, 3.05) is 32.6 Å². The van der Waals surface area contributed by atoms with Gasteiger partial charge >= 0.3 is 0 Å². The van der Waals surface area contributed by atoms with Crippen molar-refractivity contribution in [1.82, 2.24) is 4.72 Å². The summed E-state index contributed by atoms with van der Waals surface area (Å²) in [5, 5.41) is 0. The molecule has 0 heterocycles. The highest BCUT2D eigenvalue weighted by molar-refractivity contribution is 9.09. The van der Waals surface area contributed by atoms with Gasteiger partial charge in [-0.05, 0) is 13.8 Å². The second kappa shape index (κ2) is 8.41. The minimum atomic E-state index is -3.25. The fourth-order valence-electron chi connectivity index (χ4n) is 0.923. The van der Waals surface area contributed by atoms with E-state index in [9.17, 15) is 8.42 Å². The number of hydrogen-bond donors (Lipinski definition) is 1. The Kier molecular flexibility index (Phi) is 8.57. The maximum Gasteiger partial charge on any atom is 0.213 e. The molecule has 0 saturated carbocycles. The summed E-state index contributed by atoms with van der Waals surface area (Å²) in [6.07, 6.45) is 0.0487. The molecule has 0 radical (unpaired) electrons. The van der Waals surface area contributed by atoms with Crippen LogP contribution >= 0.6 is 15.9 Å². The van der Waals surface area contributed by atoms with Crippen molar-refractivity contribution >= 4 is 26.0 Å². The second-order valence-electron chi connectivity index (χ2n) is 3.64. The smallest absolute Gasteiger partial charge is 0.213 e. The Morgan fingerprint density at radius 3 is 2.50 bits per heavy atom. The van der Waals surface area contributed by atoms with E-state index in [1.54, 1.807) is 7.11 Å². The van der Waals surface area contributed by atoms with Gasteiger partial charge in [-0.25, -0.2) is 13.1 Å². The molecule has 7 heteroatoms. The zero-order chi connectivity index (χ0) is 12.6. The van der Waals surface area contributed by atoms with Crippen LogP contribution in [0.1, 0.15) is 13.8 Å². The molecular formula is C9H20BrNO4S. The van der Waals surface area contributed by atoms with E-state index in [2.05, 4.69) is 20.7 Å². The molecule has 0 saturated heterocycles. The topological polar surface area (TPSA) is 64.6 Å². The van der Waals surface area contributed by atoms with Gasteiger partial charge < -0.3 is 9.47 Å². The highest BCUT2D eigenvalue weighted by atomic mass is 79.9. The van der Waals surface area contributed by atoms with Crippen LogP contribution in [0, 0.1) is 0 Å². The quantitative estimate of drug-likeness (QED) is 0.637. The van der Waals surface area contributed by atoms with Gasteiger partial charge in [-0.1, -0.05) is 15.9 Å². The van der Waals surface area contributed by atoms with Crippen LogP contribution in [0.5, 0.6) is 0 Å². The number of alkyl halides is 1. The fourth-order valence-corrected chi connectivity index (χ4v) is 2.48. The summed E-state index contributed by atoms with van der Waals surface area (Å²) in [5.41, 5.74) is 0. The molecule has 0 bridgehead atoms. The minimum Gasteiger partial charge on any atom is -0.383 e. The Bertz CT molecular complexity index is 269. The molecule has 0 aromatic carbocycles. The third-order valence-electron chi connectivity index (χ3n) is 1.68. The zero-order valence-corrected chi connectivity index (χ0v) is 12.3. The van der Waals surface area contributed by atoms with Gasteiger partial charge in [0, 0.05) is 13.7 Å². The van der Waals surface area contributed by atoms with Crippen molar-refractivity contribution in [3.63, 3.8) is 0 Å². The molecule has 0 aliphatic carbocycles. The molecule has 1 unspecified atom stereocenters. The van der Waals surface area contributed by atoms with Crippen LogP contribution in [0.15, 0.2) is 0 Å². The summed E-state index contributed by atoms with van der Waals surface area (Å²) in [6, 6.07) is 0. The summed E-state index contributed by atoms with van der Waals surface area (Å²) in [6.45, 7) is 4.73. The number of sulfonamides is 1. The molecule has 0 aliphatic rings. The number of ether oxygens (including phenoxy) is 2. The average molecular weight is 318 g/mol. The highest BCUT2D eigenvalue weighted by Gasteiger charge is 2.12. The predicted molar refractivity (Wildman–Crippen MR) is 67.5 cm³/mol. The molecule has 0 aromatic rings. The van der Waals surface area contributed by atoms with E-state index in [0.717, 1.165) is 0 Å². The number of methoxy groups -OCH3 is 1. The van der Waals surface area contributed by atoms with Crippen molar-refractivity contribution in [3.05, 3.63) is 0 Å². The van der Waals surface area contributed by atoms with Crippen LogP contribution in [0.25, 0.3) is 0 Å². The molecule has 0 aromatic heterocycles. The largest absolute Gasteiger partial charge is 0.383 e. The number of hydrogen-bond acceptors (Lipinski definition) is 4. The Hall–Kier alpha value is 0.310. The zero-order valence-electron chi connectivity index (χ0n) is 9.90. The van der Waals surface area contributed by atoms with Gasteiger partial charge in [0.2, 0.25) is 10.0 Å². The van der Waals surface area contributed by atoms with Crippen LogP contribution in [-0.4, -0.2) is 52.0 Å². The Morgan fingerprint density at radius 2 is 2.00 bits per heavy atom. The van der Waals surface area contributed by atoms with E-state index < -0.39 is 10.0 Å². The Morgan fingerprint density at radius 1 is 1.38 bits per heavy atom. The first-order valence-corrected chi connectivity index (χ1v) is 7.66. The van der Waals surface area contributed by atoms with E-state index in [-0.39, 0.29) is 23.3 Å². The van der Waals surface area contributed by atoms with Crippen LogP contribution in [-0.2, 0) is 19.5 Å². The van der Waals surface area contributed by atoms with Gasteiger partial charge in [0.25, 0.3) is 0 Å². The second-order valence-corrected chi connectivity index (χ2v) is 6.86. The molecule has 98 valence electrons. The lowest BCUT2D eigenvalue weighted by Gasteiger charge is -2.11. The van der Waals surface area contributed by atoms with Crippen molar-refractivity contribution in [2.24, 2.45) is 0 Å². The first-order chi connectivity index (χ1) is 7.37. The van der Waals surface area contributed by atoms with E-state index in [1.807, 2.05) is 13.8 Å². The molecule has 0 amide bonds. The first-order valence-electron chi connectivity index (χ1n) is 5.09. The molecule has 16 heavy (non-hydrogen) atoms. The predicted octanol–water partition coefficient (Wildman–Crippen LogP) is 0.741. The lowest BCUT2D eigenvalue weighted by atomic mass is 10.5. The minimum absolute atomic E-state index is 0.0155. The van der Waals surface area contributed by atoms with E-state index in [1.165, 1.54) is 0 Å². The fraction of sp³-hybridized carbons (Fsp3) is 1.00. The lowest BCUT2D eigenvalue weighted by Crippen LogP contribution is -2.34. The molecular weight excluding hydrogens is 298 g/mol. The SMILES string of the molecule is COCC(Br)CNS(=O)(=O)CCOC(C)C. The molecule has 0 aliphatic heterocycles. The van der Waals surface area contributed by atoms with Crippen molar-refractivity contribution < 1.29 is 17.9 Å². The van der Waals surface area contributed by atoms with E-state index in [4.69, 9.17) is 9.47 Å².